The lowest BCUT2D eigenvalue weighted by Gasteiger charge is -1.86. The van der Waals surface area contributed by atoms with E-state index in [-0.39, 0.29) is 0 Å². The SMILES string of the molecule is C1=NC=NN=C2SCN=C12. The van der Waals surface area contributed by atoms with Crippen LogP contribution in [0.2, 0.25) is 0 Å². The summed E-state index contributed by atoms with van der Waals surface area (Å²) in [6, 6.07) is 0. The van der Waals surface area contributed by atoms with Gasteiger partial charge < -0.3 is 0 Å². The standard InChI is InChI=1S/C5H4N4S/c1-4-5(10-3-7-4)9-8-2-6-1/h1-2H,3H2. The van der Waals surface area contributed by atoms with Crippen LogP contribution in [0.25, 0.3) is 0 Å². The van der Waals surface area contributed by atoms with Gasteiger partial charge in [0.2, 0.25) is 0 Å². The van der Waals surface area contributed by atoms with Gasteiger partial charge in [0.1, 0.15) is 17.1 Å². The number of aliphatic imine (C=N–C) groups is 2. The van der Waals surface area contributed by atoms with Crippen molar-refractivity contribution in [1.29, 1.82) is 0 Å². The van der Waals surface area contributed by atoms with Crippen LogP contribution in [0.15, 0.2) is 20.2 Å². The predicted octanol–water partition coefficient (Wildman–Crippen LogP) is 0.558. The molecule has 0 N–H and O–H groups in total. The molecule has 0 atom stereocenters. The molecule has 0 aliphatic carbocycles. The molecule has 0 unspecified atom stereocenters. The lowest BCUT2D eigenvalue weighted by atomic mass is 10.4. The average molecular weight is 152 g/mol. The zero-order valence-electron chi connectivity index (χ0n) is 5.06. The molecule has 50 valence electrons. The number of hydrogen-bond donors (Lipinski definition) is 0. The van der Waals surface area contributed by atoms with E-state index in [0.717, 1.165) is 16.6 Å². The molecule has 0 spiro atoms. The third kappa shape index (κ3) is 0.881. The first-order valence-corrected chi connectivity index (χ1v) is 3.76. The van der Waals surface area contributed by atoms with Gasteiger partial charge in [-0.05, 0) is 0 Å². The van der Waals surface area contributed by atoms with Gasteiger partial charge in [0, 0.05) is 0 Å². The average Bonchev–Trinajstić information content (AvgIpc) is 2.28. The zero-order valence-corrected chi connectivity index (χ0v) is 5.88. The van der Waals surface area contributed by atoms with E-state index in [9.17, 15) is 0 Å². The molecule has 0 aromatic rings. The van der Waals surface area contributed by atoms with Crippen molar-refractivity contribution in [3.8, 4) is 0 Å². The fraction of sp³-hybridized carbons (Fsp3) is 0.200. The summed E-state index contributed by atoms with van der Waals surface area (Å²) in [5.74, 6) is 0.746. The predicted molar refractivity (Wildman–Crippen MR) is 44.3 cm³/mol. The van der Waals surface area contributed by atoms with E-state index in [0.29, 0.717) is 0 Å². The molecule has 0 saturated heterocycles. The Kier molecular flexibility index (Phi) is 1.35. The van der Waals surface area contributed by atoms with Crippen LogP contribution in [0, 0.1) is 0 Å². The second kappa shape index (κ2) is 2.34. The quantitative estimate of drug-likeness (QED) is 0.500. The largest absolute Gasteiger partial charge is 0.270 e. The maximum absolute atomic E-state index is 4.14. The molecule has 0 aromatic carbocycles. The summed E-state index contributed by atoms with van der Waals surface area (Å²) in [4.78, 5) is 7.98. The van der Waals surface area contributed by atoms with Gasteiger partial charge in [-0.25, -0.2) is 4.99 Å². The van der Waals surface area contributed by atoms with Gasteiger partial charge in [-0.3, -0.25) is 4.99 Å². The molecule has 0 bridgehead atoms. The summed E-state index contributed by atoms with van der Waals surface area (Å²) < 4.78 is 0. The molecule has 0 amide bonds. The minimum atomic E-state index is 0.746. The number of thioether (sulfide) groups is 1. The van der Waals surface area contributed by atoms with Crippen LogP contribution < -0.4 is 0 Å². The Morgan fingerprint density at radius 3 is 3.50 bits per heavy atom. The summed E-state index contributed by atoms with van der Waals surface area (Å²) in [5, 5.41) is 8.43. The van der Waals surface area contributed by atoms with Crippen molar-refractivity contribution in [1.82, 2.24) is 0 Å². The number of nitrogens with zero attached hydrogens (tertiary/aromatic N) is 4. The highest BCUT2D eigenvalue weighted by Gasteiger charge is 2.14. The molecule has 2 rings (SSSR count). The van der Waals surface area contributed by atoms with Crippen LogP contribution in [0.5, 0.6) is 0 Å². The molecule has 0 fully saturated rings. The van der Waals surface area contributed by atoms with E-state index in [4.69, 9.17) is 0 Å². The van der Waals surface area contributed by atoms with Crippen LogP contribution in [0.3, 0.4) is 0 Å². The van der Waals surface area contributed by atoms with Crippen molar-refractivity contribution >= 4 is 35.1 Å². The first-order chi connectivity index (χ1) is 4.97. The Labute approximate surface area is 61.9 Å². The Balaban J connectivity index is 2.42. The lowest BCUT2D eigenvalue weighted by Crippen LogP contribution is -2.05. The van der Waals surface area contributed by atoms with Gasteiger partial charge in [0.05, 0.1) is 12.1 Å². The van der Waals surface area contributed by atoms with Crippen LogP contribution in [0.1, 0.15) is 0 Å². The fourth-order valence-electron chi connectivity index (χ4n) is 0.693. The normalized spacial score (nSPS) is 21.6. The van der Waals surface area contributed by atoms with Crippen molar-refractivity contribution in [2.24, 2.45) is 20.2 Å². The Morgan fingerprint density at radius 1 is 1.50 bits per heavy atom. The molecular weight excluding hydrogens is 148 g/mol. The molecule has 0 saturated carbocycles. The highest BCUT2D eigenvalue weighted by molar-refractivity contribution is 8.16. The Hall–Kier alpha value is -0.970. The van der Waals surface area contributed by atoms with Crippen molar-refractivity contribution < 1.29 is 0 Å². The van der Waals surface area contributed by atoms with Gasteiger partial charge in [0.25, 0.3) is 0 Å². The second-order valence-corrected chi connectivity index (χ2v) is 2.66. The van der Waals surface area contributed by atoms with Crippen LogP contribution in [0.4, 0.5) is 0 Å². The molecule has 2 aliphatic heterocycles. The minimum absolute atomic E-state index is 0.746. The molecule has 0 aromatic heterocycles. The summed E-state index contributed by atoms with van der Waals surface area (Å²) >= 11 is 1.58. The van der Waals surface area contributed by atoms with Crippen LogP contribution >= 0.6 is 11.8 Å². The lowest BCUT2D eigenvalue weighted by molar-refractivity contribution is 1.26. The van der Waals surface area contributed by atoms with E-state index < -0.39 is 0 Å². The molecule has 0 radical (unpaired) electrons. The Bertz CT molecular complexity index is 263. The van der Waals surface area contributed by atoms with E-state index in [1.165, 1.54) is 6.34 Å². The summed E-state index contributed by atoms with van der Waals surface area (Å²) in [5.41, 5.74) is 0.850. The van der Waals surface area contributed by atoms with Crippen molar-refractivity contribution in [3.05, 3.63) is 0 Å². The number of fused-ring (bicyclic) bond motifs is 1. The van der Waals surface area contributed by atoms with Gasteiger partial charge in [0.15, 0.2) is 0 Å². The first kappa shape index (κ1) is 5.79. The minimum Gasteiger partial charge on any atom is -0.270 e. The molecule has 2 aliphatic rings. The third-order valence-electron chi connectivity index (χ3n) is 1.12. The zero-order chi connectivity index (χ0) is 6.81. The molecule has 5 heteroatoms. The van der Waals surface area contributed by atoms with E-state index in [1.54, 1.807) is 18.0 Å². The van der Waals surface area contributed by atoms with E-state index in [1.807, 2.05) is 0 Å². The molecule has 2 heterocycles. The van der Waals surface area contributed by atoms with Gasteiger partial charge in [-0.2, -0.15) is 0 Å². The third-order valence-corrected chi connectivity index (χ3v) is 1.94. The summed E-state index contributed by atoms with van der Waals surface area (Å²) in [6.45, 7) is 0. The topological polar surface area (TPSA) is 49.4 Å². The Morgan fingerprint density at radius 2 is 2.50 bits per heavy atom. The molecular formula is C5H4N4S. The molecule has 10 heavy (non-hydrogen) atoms. The van der Waals surface area contributed by atoms with Crippen molar-refractivity contribution in [3.63, 3.8) is 0 Å². The highest BCUT2D eigenvalue weighted by Crippen LogP contribution is 2.14. The monoisotopic (exact) mass is 152 g/mol. The summed E-state index contributed by atoms with van der Waals surface area (Å²) in [7, 11) is 0. The van der Waals surface area contributed by atoms with Crippen LogP contribution in [-0.2, 0) is 0 Å². The smallest absolute Gasteiger partial charge is 0.147 e. The van der Waals surface area contributed by atoms with Gasteiger partial charge in [-0.15, -0.1) is 10.2 Å². The number of rotatable bonds is 0. The van der Waals surface area contributed by atoms with E-state index >= 15 is 0 Å². The van der Waals surface area contributed by atoms with Gasteiger partial charge in [-0.1, -0.05) is 11.8 Å². The fourth-order valence-corrected chi connectivity index (χ4v) is 1.39. The van der Waals surface area contributed by atoms with E-state index in [2.05, 4.69) is 20.2 Å². The summed E-state index contributed by atoms with van der Waals surface area (Å²) in [6.07, 6.45) is 3.09. The maximum Gasteiger partial charge on any atom is 0.147 e. The highest BCUT2D eigenvalue weighted by atomic mass is 32.2. The number of hydrogen-bond acceptors (Lipinski definition) is 5. The van der Waals surface area contributed by atoms with Crippen molar-refractivity contribution in [2.75, 3.05) is 5.88 Å². The van der Waals surface area contributed by atoms with Gasteiger partial charge >= 0.3 is 0 Å². The first-order valence-electron chi connectivity index (χ1n) is 2.77. The molecule has 4 nitrogen and oxygen atoms in total. The maximum atomic E-state index is 4.14. The van der Waals surface area contributed by atoms with Crippen LogP contribution in [-0.4, -0.2) is 29.2 Å². The second-order valence-electron chi connectivity index (χ2n) is 1.73. The van der Waals surface area contributed by atoms with Crippen molar-refractivity contribution in [2.45, 2.75) is 0 Å².